The number of hydrogen-bond donors (Lipinski definition) is 3. The fourth-order valence-corrected chi connectivity index (χ4v) is 12.8. The standard InChI is InChI=1S/3C20H13O4P.Yb/c3*21-25(22)23-17-11-9-13-5-1-3-7-15(13)19(17)20-16-8-4-2-6-14(16)10-12-18(20)24-25;/h3*1-12H,(H,21,22);. The van der Waals surface area contributed by atoms with E-state index in [1.54, 1.807) is 36.4 Å². The van der Waals surface area contributed by atoms with Crippen molar-refractivity contribution in [3.63, 3.8) is 0 Å². The number of hydrogen-bond acceptors (Lipinski definition) is 9. The van der Waals surface area contributed by atoms with Crippen molar-refractivity contribution < 1.29 is 102 Å². The van der Waals surface area contributed by atoms with Gasteiger partial charge >= 0.3 is 23.5 Å². The molecule has 3 N–H and O–H groups in total. The SMILES string of the molecule is O=P1(O)Oc2ccc3ccccc3c2-c2c(ccc3ccccc23)O1.O=P1(O)Oc2ccc3ccccc3c2-c2c(ccc3ccccc23)O1.O=P1(O)Oc2ccc3ccccc3c2-c2c(ccc3ccccc23)O1.[Yb]. The van der Waals surface area contributed by atoms with Crippen LogP contribution in [-0.2, 0) is 13.7 Å². The molecule has 3 aliphatic rings. The van der Waals surface area contributed by atoms with Gasteiger partial charge in [0.2, 0.25) is 0 Å². The van der Waals surface area contributed by atoms with E-state index in [1.165, 1.54) is 0 Å². The molecule has 12 aromatic carbocycles. The van der Waals surface area contributed by atoms with Gasteiger partial charge in [0, 0.05) is 80.3 Å². The summed E-state index contributed by atoms with van der Waals surface area (Å²) in [6, 6.07) is 69.0. The van der Waals surface area contributed by atoms with E-state index >= 15 is 0 Å². The van der Waals surface area contributed by atoms with E-state index in [1.807, 2.05) is 182 Å². The largest absolute Gasteiger partial charge is 0.584 e. The van der Waals surface area contributed by atoms with Gasteiger partial charge in [0.25, 0.3) is 0 Å². The molecule has 0 saturated heterocycles. The topological polar surface area (TPSA) is 167 Å². The quantitative estimate of drug-likeness (QED) is 0.123. The molecule has 16 heteroatoms. The zero-order valence-electron chi connectivity index (χ0n) is 39.4. The second-order valence-electron chi connectivity index (χ2n) is 17.9. The molecule has 0 amide bonds. The maximum atomic E-state index is 12.4. The van der Waals surface area contributed by atoms with Gasteiger partial charge in [0.15, 0.2) is 0 Å². The number of phosphoric acid groups is 3. The Morgan fingerprint density at radius 1 is 0.224 bits per heavy atom. The van der Waals surface area contributed by atoms with Gasteiger partial charge in [-0.15, -0.1) is 0 Å². The summed E-state index contributed by atoms with van der Waals surface area (Å²) in [6.45, 7) is 0. The van der Waals surface area contributed by atoms with Crippen molar-refractivity contribution in [2.24, 2.45) is 0 Å². The zero-order chi connectivity index (χ0) is 51.1. The zero-order valence-corrected chi connectivity index (χ0v) is 43.8. The minimum atomic E-state index is -4.25. The molecule has 0 spiro atoms. The van der Waals surface area contributed by atoms with Gasteiger partial charge in [-0.2, -0.15) is 0 Å². The molecule has 0 aliphatic carbocycles. The van der Waals surface area contributed by atoms with E-state index in [0.717, 1.165) is 98.0 Å². The molecule has 3 aliphatic heterocycles. The molecule has 0 bridgehead atoms. The molecule has 0 atom stereocenters. The van der Waals surface area contributed by atoms with Crippen LogP contribution in [0.2, 0.25) is 0 Å². The van der Waals surface area contributed by atoms with E-state index in [4.69, 9.17) is 27.1 Å². The summed E-state index contributed by atoms with van der Waals surface area (Å²) in [5, 5.41) is 11.8. The van der Waals surface area contributed by atoms with E-state index in [0.29, 0.717) is 34.5 Å². The van der Waals surface area contributed by atoms with Gasteiger partial charge in [0.1, 0.15) is 34.5 Å². The summed E-state index contributed by atoms with van der Waals surface area (Å²) in [4.78, 5) is 30.3. The van der Waals surface area contributed by atoms with Crippen LogP contribution < -0.4 is 27.1 Å². The van der Waals surface area contributed by atoms with Crippen LogP contribution in [0.4, 0.5) is 0 Å². The summed E-state index contributed by atoms with van der Waals surface area (Å²) >= 11 is 0. The smallest absolute Gasteiger partial charge is 0.395 e. The molecule has 0 unspecified atom stereocenters. The summed E-state index contributed by atoms with van der Waals surface area (Å²) < 4.78 is 69.3. The number of benzene rings is 12. The molecule has 0 aromatic heterocycles. The second kappa shape index (κ2) is 19.6. The first kappa shape index (κ1) is 49.9. The summed E-state index contributed by atoms with van der Waals surface area (Å²) in [7, 11) is -12.8. The Bertz CT molecular complexity index is 3780. The van der Waals surface area contributed by atoms with Gasteiger partial charge < -0.3 is 27.1 Å². The molecule has 0 saturated carbocycles. The summed E-state index contributed by atoms with van der Waals surface area (Å²) in [5.74, 6) is 2.08. The van der Waals surface area contributed by atoms with Crippen LogP contribution in [0.5, 0.6) is 34.5 Å². The van der Waals surface area contributed by atoms with Crippen molar-refractivity contribution in [3.8, 4) is 67.9 Å². The number of rotatable bonds is 0. The third-order valence-corrected chi connectivity index (χ3v) is 15.9. The van der Waals surface area contributed by atoms with Crippen molar-refractivity contribution in [2.75, 3.05) is 0 Å². The predicted molar refractivity (Wildman–Crippen MR) is 294 cm³/mol. The van der Waals surface area contributed by atoms with Crippen molar-refractivity contribution in [1.82, 2.24) is 0 Å². The molecule has 76 heavy (non-hydrogen) atoms. The van der Waals surface area contributed by atoms with Crippen LogP contribution in [0.1, 0.15) is 0 Å². The Morgan fingerprint density at radius 2 is 0.368 bits per heavy atom. The van der Waals surface area contributed by atoms with Crippen molar-refractivity contribution in [3.05, 3.63) is 218 Å². The third-order valence-electron chi connectivity index (χ3n) is 13.4. The average molecular weight is 1220 g/mol. The van der Waals surface area contributed by atoms with Crippen LogP contribution in [0, 0.1) is 46.9 Å². The molecule has 12 aromatic rings. The fourth-order valence-electron chi connectivity index (χ4n) is 10.3. The van der Waals surface area contributed by atoms with Crippen LogP contribution in [0.15, 0.2) is 218 Å². The minimum Gasteiger partial charge on any atom is -0.395 e. The first-order valence-electron chi connectivity index (χ1n) is 23.6. The van der Waals surface area contributed by atoms with E-state index in [-0.39, 0.29) is 46.9 Å². The maximum absolute atomic E-state index is 12.4. The van der Waals surface area contributed by atoms with Crippen LogP contribution in [0.25, 0.3) is 98.0 Å². The van der Waals surface area contributed by atoms with Crippen molar-refractivity contribution in [2.45, 2.75) is 0 Å². The first-order valence-corrected chi connectivity index (χ1v) is 28.1. The van der Waals surface area contributed by atoms with Crippen LogP contribution in [0.3, 0.4) is 0 Å². The first-order chi connectivity index (χ1) is 36.4. The molecule has 0 fully saturated rings. The van der Waals surface area contributed by atoms with Gasteiger partial charge in [-0.25, -0.2) is 13.7 Å². The molecule has 15 rings (SSSR count). The average Bonchev–Trinajstić information content (AvgIpc) is 3.81. The van der Waals surface area contributed by atoms with Crippen LogP contribution >= 0.6 is 23.5 Å². The summed E-state index contributed by atoms with van der Waals surface area (Å²) in [6.07, 6.45) is 0. The van der Waals surface area contributed by atoms with Gasteiger partial charge in [-0.05, 0) is 101 Å². The Morgan fingerprint density at radius 3 is 0.526 bits per heavy atom. The molecule has 380 valence electrons. The molecule has 0 radical (unpaired) electrons. The Balaban J connectivity index is 0.000000114. The van der Waals surface area contributed by atoms with E-state index in [9.17, 15) is 28.4 Å². The number of fused-ring (bicyclic) bond motifs is 21. The van der Waals surface area contributed by atoms with Gasteiger partial charge in [-0.3, -0.25) is 14.7 Å². The molecule has 3 heterocycles. The number of phosphoric ester groups is 3. The fraction of sp³-hybridized carbons (Fsp3) is 0. The Labute approximate surface area is 472 Å². The van der Waals surface area contributed by atoms with Gasteiger partial charge in [0.05, 0.1) is 0 Å². The summed E-state index contributed by atoms with van der Waals surface area (Å²) in [5.41, 5.74) is 4.65. The molecular formula is C60H39O12P3Yb. The Kier molecular flexibility index (Phi) is 12.9. The van der Waals surface area contributed by atoms with Crippen molar-refractivity contribution in [1.29, 1.82) is 0 Å². The Hall–Kier alpha value is -6.91. The minimum absolute atomic E-state index is 0. The van der Waals surface area contributed by atoms with Gasteiger partial charge in [-0.1, -0.05) is 182 Å². The maximum Gasteiger partial charge on any atom is 0.584 e. The third kappa shape index (κ3) is 9.14. The second-order valence-corrected chi connectivity index (χ2v) is 21.8. The van der Waals surface area contributed by atoms with Crippen molar-refractivity contribution >= 4 is 88.1 Å². The van der Waals surface area contributed by atoms with E-state index < -0.39 is 23.5 Å². The van der Waals surface area contributed by atoms with E-state index in [2.05, 4.69) is 0 Å². The van der Waals surface area contributed by atoms with Crippen LogP contribution in [-0.4, -0.2) is 14.7 Å². The monoisotopic (exact) mass is 1220 g/mol. The molecule has 12 nitrogen and oxygen atoms in total. The predicted octanol–water partition coefficient (Wildman–Crippen LogP) is 16.6. The normalized spacial score (nSPS) is 14.7. The molecular weight excluding hydrogens is 1180 g/mol.